The molecule has 0 unspecified atom stereocenters. The lowest BCUT2D eigenvalue weighted by molar-refractivity contribution is -0.128. The number of carbonyl (C=O) groups excluding carboxylic acids is 1. The van der Waals surface area contributed by atoms with Gasteiger partial charge in [-0.05, 0) is 37.5 Å². The Morgan fingerprint density at radius 2 is 1.62 bits per heavy atom. The minimum Gasteiger partial charge on any atom is -0.355 e. The monoisotopic (exact) mass is 452 g/mol. The predicted molar refractivity (Wildman–Crippen MR) is 113 cm³/mol. The molecule has 1 aliphatic carbocycles. The van der Waals surface area contributed by atoms with E-state index in [0.717, 1.165) is 17.8 Å². The van der Waals surface area contributed by atoms with Crippen molar-refractivity contribution in [1.29, 1.82) is 0 Å². The third-order valence-corrected chi connectivity index (χ3v) is 4.66. The number of rotatable bonds is 5. The van der Waals surface area contributed by atoms with Crippen molar-refractivity contribution in [3.8, 4) is 0 Å². The molecule has 0 heterocycles. The molecule has 1 fully saturated rings. The maximum Gasteiger partial charge on any atom is 0.225 e. The second kappa shape index (κ2) is 11.2. The van der Waals surface area contributed by atoms with Crippen molar-refractivity contribution in [2.24, 2.45) is 22.2 Å². The molecule has 0 aromatic carbocycles. The molecule has 0 bridgehead atoms. The number of guanidine groups is 1. The van der Waals surface area contributed by atoms with Gasteiger partial charge in [0.15, 0.2) is 5.96 Å². The molecule has 0 atom stereocenters. The van der Waals surface area contributed by atoms with Crippen LogP contribution in [-0.2, 0) is 4.79 Å². The normalized spacial score (nSPS) is 21.9. The van der Waals surface area contributed by atoms with Crippen molar-refractivity contribution in [1.82, 2.24) is 16.0 Å². The number of hydrogen-bond donors (Lipinski definition) is 3. The summed E-state index contributed by atoms with van der Waals surface area (Å²) in [6.45, 7) is 11.7. The summed E-state index contributed by atoms with van der Waals surface area (Å²) in [7, 11) is 1.79. The van der Waals surface area contributed by atoms with Crippen LogP contribution >= 0.6 is 24.0 Å². The van der Waals surface area contributed by atoms with Gasteiger partial charge in [-0.15, -0.1) is 24.0 Å². The fourth-order valence-electron chi connectivity index (χ4n) is 2.94. The van der Waals surface area contributed by atoms with Crippen molar-refractivity contribution in [3.05, 3.63) is 0 Å². The van der Waals surface area contributed by atoms with Crippen molar-refractivity contribution < 1.29 is 4.79 Å². The summed E-state index contributed by atoms with van der Waals surface area (Å²) >= 11 is 0. The van der Waals surface area contributed by atoms with Crippen LogP contribution in [0.1, 0.15) is 60.3 Å². The van der Waals surface area contributed by atoms with Crippen LogP contribution in [0.25, 0.3) is 0 Å². The van der Waals surface area contributed by atoms with Crippen molar-refractivity contribution in [2.45, 2.75) is 66.3 Å². The minimum atomic E-state index is -0.338. The Bertz CT molecular complexity index is 396. The zero-order valence-electron chi connectivity index (χ0n) is 16.2. The molecule has 0 spiro atoms. The molecule has 0 aromatic heterocycles. The van der Waals surface area contributed by atoms with Crippen LogP contribution in [0.5, 0.6) is 0 Å². The molecule has 0 radical (unpaired) electrons. The summed E-state index contributed by atoms with van der Waals surface area (Å²) in [5, 5.41) is 9.73. The van der Waals surface area contributed by atoms with E-state index >= 15 is 0 Å². The number of hydrogen-bond acceptors (Lipinski definition) is 2. The zero-order chi connectivity index (χ0) is 17.5. The molecule has 1 rings (SSSR count). The minimum absolute atomic E-state index is 0. The number of amides is 1. The Morgan fingerprint density at radius 1 is 1.08 bits per heavy atom. The second-order valence-electron chi connectivity index (χ2n) is 8.00. The highest BCUT2D eigenvalue weighted by atomic mass is 127. The Kier molecular flexibility index (Phi) is 10.9. The number of nitrogens with one attached hydrogen (secondary N) is 3. The van der Waals surface area contributed by atoms with E-state index in [-0.39, 0.29) is 35.3 Å². The van der Waals surface area contributed by atoms with E-state index in [9.17, 15) is 4.79 Å². The highest BCUT2D eigenvalue weighted by Gasteiger charge is 2.23. The first-order valence-corrected chi connectivity index (χ1v) is 8.99. The average Bonchev–Trinajstić information content (AvgIpc) is 2.49. The maximum absolute atomic E-state index is 11.8. The Hall–Kier alpha value is -0.530. The molecule has 5 nitrogen and oxygen atoms in total. The third-order valence-electron chi connectivity index (χ3n) is 4.66. The summed E-state index contributed by atoms with van der Waals surface area (Å²) in [4.78, 5) is 16.1. The van der Waals surface area contributed by atoms with Gasteiger partial charge in [-0.2, -0.15) is 0 Å². The van der Waals surface area contributed by atoms with Crippen molar-refractivity contribution in [3.63, 3.8) is 0 Å². The highest BCUT2D eigenvalue weighted by molar-refractivity contribution is 14.0. The zero-order valence-corrected chi connectivity index (χ0v) is 18.6. The molecule has 6 heteroatoms. The van der Waals surface area contributed by atoms with Crippen LogP contribution in [0.2, 0.25) is 0 Å². The molecule has 3 N–H and O–H groups in total. The average molecular weight is 452 g/mol. The summed E-state index contributed by atoms with van der Waals surface area (Å²) in [6, 6.07) is 0.514. The van der Waals surface area contributed by atoms with E-state index in [1.807, 2.05) is 20.8 Å². The lowest BCUT2D eigenvalue weighted by Crippen LogP contribution is -2.47. The maximum atomic E-state index is 11.8. The van der Waals surface area contributed by atoms with Gasteiger partial charge in [0.2, 0.25) is 5.91 Å². The standard InChI is InChI=1S/C18H36N4O.HI/c1-13(2)14-7-9-15(10-8-14)22-17(19-6)21-12-11-20-16(23)18(3,4)5;/h13-15H,7-12H2,1-6H3,(H,20,23)(H2,19,21,22);1H. The van der Waals surface area contributed by atoms with E-state index in [2.05, 4.69) is 34.8 Å². The van der Waals surface area contributed by atoms with Gasteiger partial charge < -0.3 is 16.0 Å². The Labute approximate surface area is 165 Å². The smallest absolute Gasteiger partial charge is 0.225 e. The van der Waals surface area contributed by atoms with Crippen LogP contribution in [0.4, 0.5) is 0 Å². The van der Waals surface area contributed by atoms with Gasteiger partial charge in [0.25, 0.3) is 0 Å². The van der Waals surface area contributed by atoms with Gasteiger partial charge >= 0.3 is 0 Å². The fraction of sp³-hybridized carbons (Fsp3) is 0.889. The summed E-state index contributed by atoms with van der Waals surface area (Å²) < 4.78 is 0. The molecule has 142 valence electrons. The molecule has 24 heavy (non-hydrogen) atoms. The molecule has 1 aliphatic rings. The van der Waals surface area contributed by atoms with Crippen molar-refractivity contribution >= 4 is 35.8 Å². The molecular weight excluding hydrogens is 415 g/mol. The molecule has 1 amide bonds. The van der Waals surface area contributed by atoms with Crippen LogP contribution < -0.4 is 16.0 Å². The van der Waals surface area contributed by atoms with Gasteiger partial charge in [0.05, 0.1) is 0 Å². The van der Waals surface area contributed by atoms with Crippen molar-refractivity contribution in [2.75, 3.05) is 20.1 Å². The molecule has 0 aromatic rings. The number of halogens is 1. The van der Waals surface area contributed by atoms with Gasteiger partial charge in [0.1, 0.15) is 0 Å². The number of aliphatic imine (C=N–C) groups is 1. The number of nitrogens with zero attached hydrogens (tertiary/aromatic N) is 1. The van der Waals surface area contributed by atoms with Crippen LogP contribution in [0.3, 0.4) is 0 Å². The van der Waals surface area contributed by atoms with E-state index in [1.54, 1.807) is 7.05 Å². The number of carbonyl (C=O) groups is 1. The molecule has 0 saturated heterocycles. The van der Waals surface area contributed by atoms with Gasteiger partial charge in [-0.3, -0.25) is 9.79 Å². The molecular formula is C18H37IN4O. The third kappa shape index (κ3) is 8.53. The highest BCUT2D eigenvalue weighted by Crippen LogP contribution is 2.29. The van der Waals surface area contributed by atoms with Gasteiger partial charge in [-0.25, -0.2) is 0 Å². The first-order valence-electron chi connectivity index (χ1n) is 8.99. The summed E-state index contributed by atoms with van der Waals surface area (Å²) in [5.41, 5.74) is -0.338. The fourth-order valence-corrected chi connectivity index (χ4v) is 2.94. The lowest BCUT2D eigenvalue weighted by atomic mass is 9.80. The molecule has 0 aliphatic heterocycles. The summed E-state index contributed by atoms with van der Waals surface area (Å²) in [5.74, 6) is 2.58. The topological polar surface area (TPSA) is 65.5 Å². The first-order chi connectivity index (χ1) is 10.7. The van der Waals surface area contributed by atoms with Gasteiger partial charge in [-0.1, -0.05) is 34.6 Å². The lowest BCUT2D eigenvalue weighted by Gasteiger charge is -2.32. The quantitative estimate of drug-likeness (QED) is 0.260. The Morgan fingerprint density at radius 3 is 2.08 bits per heavy atom. The van der Waals surface area contributed by atoms with Gasteiger partial charge in [0, 0.05) is 31.6 Å². The van der Waals surface area contributed by atoms with E-state index in [0.29, 0.717) is 19.1 Å². The Balaban J connectivity index is 0.00000529. The second-order valence-corrected chi connectivity index (χ2v) is 8.00. The predicted octanol–water partition coefficient (Wildman–Crippen LogP) is 3.15. The van der Waals surface area contributed by atoms with Crippen LogP contribution in [0, 0.1) is 17.3 Å². The van der Waals surface area contributed by atoms with Crippen LogP contribution in [-0.4, -0.2) is 38.0 Å². The largest absolute Gasteiger partial charge is 0.355 e. The van der Waals surface area contributed by atoms with E-state index in [1.165, 1.54) is 25.7 Å². The SMILES string of the molecule is CN=C(NCCNC(=O)C(C)(C)C)NC1CCC(C(C)C)CC1.I. The summed E-state index contributed by atoms with van der Waals surface area (Å²) in [6.07, 6.45) is 5.02. The molecule has 1 saturated carbocycles. The van der Waals surface area contributed by atoms with E-state index < -0.39 is 0 Å². The van der Waals surface area contributed by atoms with E-state index in [4.69, 9.17) is 0 Å². The van der Waals surface area contributed by atoms with Crippen LogP contribution in [0.15, 0.2) is 4.99 Å². The first kappa shape index (κ1) is 23.5.